The van der Waals surface area contributed by atoms with Crippen molar-refractivity contribution in [2.45, 2.75) is 13.8 Å². The van der Waals surface area contributed by atoms with E-state index in [1.807, 2.05) is 0 Å². The maximum Gasteiger partial charge on any atom is 0.311 e. The Labute approximate surface area is 106 Å². The van der Waals surface area contributed by atoms with Gasteiger partial charge in [0, 0.05) is 12.6 Å². The number of methoxy groups -OCH3 is 1. The topological polar surface area (TPSA) is 64.6 Å². The largest absolute Gasteiger partial charge is 0.493 e. The van der Waals surface area contributed by atoms with Crippen molar-refractivity contribution in [2.75, 3.05) is 19.0 Å². The zero-order valence-corrected chi connectivity index (χ0v) is 10.7. The predicted octanol–water partition coefficient (Wildman–Crippen LogP) is 1.83. The average Bonchev–Trinajstić information content (AvgIpc) is 2.36. The lowest BCUT2D eigenvalue weighted by molar-refractivity contribution is -0.145. The number of hydrogen-bond donors (Lipinski definition) is 1. The number of hydrogen-bond acceptors (Lipinski definition) is 4. The van der Waals surface area contributed by atoms with E-state index in [0.717, 1.165) is 0 Å². The van der Waals surface area contributed by atoms with E-state index >= 15 is 0 Å². The van der Waals surface area contributed by atoms with Crippen molar-refractivity contribution < 1.29 is 19.1 Å². The van der Waals surface area contributed by atoms with Gasteiger partial charge >= 0.3 is 5.97 Å². The van der Waals surface area contributed by atoms with Gasteiger partial charge in [0.2, 0.25) is 5.91 Å². The van der Waals surface area contributed by atoms with Gasteiger partial charge in [0.05, 0.1) is 13.0 Å². The Bertz CT molecular complexity index is 414. The number of amides is 1. The van der Waals surface area contributed by atoms with Crippen LogP contribution in [0.2, 0.25) is 0 Å². The number of rotatable bonds is 5. The van der Waals surface area contributed by atoms with E-state index in [0.29, 0.717) is 11.4 Å². The smallest absolute Gasteiger partial charge is 0.311 e. The highest BCUT2D eigenvalue weighted by molar-refractivity contribution is 5.88. The van der Waals surface area contributed by atoms with E-state index in [1.54, 1.807) is 31.2 Å². The summed E-state index contributed by atoms with van der Waals surface area (Å²) in [5.74, 6) is -0.0993. The van der Waals surface area contributed by atoms with Crippen molar-refractivity contribution in [3.63, 3.8) is 0 Å². The van der Waals surface area contributed by atoms with Gasteiger partial charge in [0.25, 0.3) is 0 Å². The molecule has 0 radical (unpaired) electrons. The standard InChI is InChI=1S/C13H17NO4/c1-9(13(16)17-3)8-18-12-6-4-11(5-7-12)14-10(2)15/h4-7,9H,8H2,1-3H3,(H,14,15). The van der Waals surface area contributed by atoms with Crippen LogP contribution in [-0.4, -0.2) is 25.6 Å². The zero-order valence-electron chi connectivity index (χ0n) is 10.7. The third-order valence-corrected chi connectivity index (χ3v) is 2.28. The molecule has 0 fully saturated rings. The van der Waals surface area contributed by atoms with Crippen LogP contribution in [0.15, 0.2) is 24.3 Å². The van der Waals surface area contributed by atoms with Gasteiger partial charge in [0.15, 0.2) is 0 Å². The first kappa shape index (κ1) is 14.0. The minimum Gasteiger partial charge on any atom is -0.493 e. The van der Waals surface area contributed by atoms with Gasteiger partial charge in [-0.2, -0.15) is 0 Å². The highest BCUT2D eigenvalue weighted by Gasteiger charge is 2.13. The van der Waals surface area contributed by atoms with Crippen molar-refractivity contribution in [1.29, 1.82) is 0 Å². The number of carbonyl (C=O) groups excluding carboxylic acids is 2. The summed E-state index contributed by atoms with van der Waals surface area (Å²) in [6, 6.07) is 6.93. The molecule has 1 aromatic carbocycles. The molecule has 98 valence electrons. The number of ether oxygens (including phenoxy) is 2. The molecule has 1 N–H and O–H groups in total. The first-order chi connectivity index (χ1) is 8.52. The Kier molecular flexibility index (Phi) is 5.17. The van der Waals surface area contributed by atoms with E-state index in [1.165, 1.54) is 14.0 Å². The van der Waals surface area contributed by atoms with Crippen LogP contribution >= 0.6 is 0 Å². The summed E-state index contributed by atoms with van der Waals surface area (Å²) >= 11 is 0. The van der Waals surface area contributed by atoms with Crippen molar-refractivity contribution in [2.24, 2.45) is 5.92 Å². The van der Waals surface area contributed by atoms with E-state index in [9.17, 15) is 9.59 Å². The van der Waals surface area contributed by atoms with Crippen LogP contribution in [0, 0.1) is 5.92 Å². The number of anilines is 1. The SMILES string of the molecule is COC(=O)C(C)COc1ccc(NC(C)=O)cc1. The summed E-state index contributed by atoms with van der Waals surface area (Å²) in [6.45, 7) is 3.44. The Morgan fingerprint density at radius 1 is 1.28 bits per heavy atom. The fourth-order valence-electron chi connectivity index (χ4n) is 1.33. The maximum atomic E-state index is 11.2. The van der Waals surface area contributed by atoms with Gasteiger partial charge in [-0.3, -0.25) is 9.59 Å². The minimum absolute atomic E-state index is 0.122. The van der Waals surface area contributed by atoms with Crippen LogP contribution in [0.3, 0.4) is 0 Å². The molecule has 0 saturated heterocycles. The lowest BCUT2D eigenvalue weighted by atomic mass is 10.2. The quantitative estimate of drug-likeness (QED) is 0.811. The summed E-state index contributed by atoms with van der Waals surface area (Å²) in [5, 5.41) is 2.66. The van der Waals surface area contributed by atoms with Gasteiger partial charge in [0.1, 0.15) is 12.4 Å². The summed E-state index contributed by atoms with van der Waals surface area (Å²) in [5.41, 5.74) is 0.705. The Balaban J connectivity index is 2.48. The Hall–Kier alpha value is -2.04. The summed E-state index contributed by atoms with van der Waals surface area (Å²) in [7, 11) is 1.35. The van der Waals surface area contributed by atoms with Crippen LogP contribution in [-0.2, 0) is 14.3 Å². The van der Waals surface area contributed by atoms with Crippen molar-refractivity contribution in [1.82, 2.24) is 0 Å². The minimum atomic E-state index is -0.315. The van der Waals surface area contributed by atoms with Gasteiger partial charge in [-0.1, -0.05) is 0 Å². The number of carbonyl (C=O) groups is 2. The molecule has 0 spiro atoms. The highest BCUT2D eigenvalue weighted by atomic mass is 16.5. The fraction of sp³-hybridized carbons (Fsp3) is 0.385. The van der Waals surface area contributed by atoms with Crippen molar-refractivity contribution >= 4 is 17.6 Å². The lowest BCUT2D eigenvalue weighted by Gasteiger charge is -2.11. The molecule has 0 aliphatic rings. The zero-order chi connectivity index (χ0) is 13.5. The Morgan fingerprint density at radius 3 is 2.39 bits per heavy atom. The molecule has 0 aromatic heterocycles. The average molecular weight is 251 g/mol. The summed E-state index contributed by atoms with van der Waals surface area (Å²) in [6.07, 6.45) is 0. The molecule has 0 aliphatic heterocycles. The Morgan fingerprint density at radius 2 is 1.89 bits per heavy atom. The molecule has 1 rings (SSSR count). The first-order valence-electron chi connectivity index (χ1n) is 5.61. The van der Waals surface area contributed by atoms with Crippen LogP contribution in [0.25, 0.3) is 0 Å². The van der Waals surface area contributed by atoms with Gasteiger partial charge in [-0.15, -0.1) is 0 Å². The molecule has 0 aliphatic carbocycles. The molecule has 0 saturated carbocycles. The maximum absolute atomic E-state index is 11.2. The summed E-state index contributed by atoms with van der Waals surface area (Å²) < 4.78 is 10.0. The fourth-order valence-corrected chi connectivity index (χ4v) is 1.33. The molecule has 0 heterocycles. The number of esters is 1. The van der Waals surface area contributed by atoms with Crippen molar-refractivity contribution in [3.8, 4) is 5.75 Å². The van der Waals surface area contributed by atoms with E-state index in [-0.39, 0.29) is 24.4 Å². The van der Waals surface area contributed by atoms with E-state index in [4.69, 9.17) is 4.74 Å². The molecule has 1 atom stereocenters. The van der Waals surface area contributed by atoms with Gasteiger partial charge < -0.3 is 14.8 Å². The molecule has 5 nitrogen and oxygen atoms in total. The van der Waals surface area contributed by atoms with Crippen LogP contribution < -0.4 is 10.1 Å². The second-order valence-corrected chi connectivity index (χ2v) is 3.94. The van der Waals surface area contributed by atoms with Crippen LogP contribution in [0.5, 0.6) is 5.75 Å². The van der Waals surface area contributed by atoms with E-state index < -0.39 is 0 Å². The molecule has 0 bridgehead atoms. The normalized spacial score (nSPS) is 11.5. The lowest BCUT2D eigenvalue weighted by Crippen LogP contribution is -2.19. The van der Waals surface area contributed by atoms with Gasteiger partial charge in [-0.25, -0.2) is 0 Å². The molecule has 1 unspecified atom stereocenters. The summed E-state index contributed by atoms with van der Waals surface area (Å²) in [4.78, 5) is 22.0. The predicted molar refractivity (Wildman–Crippen MR) is 67.4 cm³/mol. The second kappa shape index (κ2) is 6.64. The van der Waals surface area contributed by atoms with E-state index in [2.05, 4.69) is 10.1 Å². The van der Waals surface area contributed by atoms with Crippen LogP contribution in [0.1, 0.15) is 13.8 Å². The highest BCUT2D eigenvalue weighted by Crippen LogP contribution is 2.16. The number of benzene rings is 1. The molecular weight excluding hydrogens is 234 g/mol. The third kappa shape index (κ3) is 4.45. The molecular formula is C13H17NO4. The first-order valence-corrected chi connectivity index (χ1v) is 5.61. The second-order valence-electron chi connectivity index (χ2n) is 3.94. The molecule has 1 aromatic rings. The monoisotopic (exact) mass is 251 g/mol. The molecule has 5 heteroatoms. The molecule has 1 amide bonds. The third-order valence-electron chi connectivity index (χ3n) is 2.28. The van der Waals surface area contributed by atoms with Gasteiger partial charge in [-0.05, 0) is 31.2 Å². The molecule has 18 heavy (non-hydrogen) atoms. The number of nitrogens with one attached hydrogen (secondary N) is 1. The van der Waals surface area contributed by atoms with Crippen molar-refractivity contribution in [3.05, 3.63) is 24.3 Å². The van der Waals surface area contributed by atoms with Crippen LogP contribution in [0.4, 0.5) is 5.69 Å².